The molecule has 98 valence electrons. The van der Waals surface area contributed by atoms with Crippen molar-refractivity contribution in [2.24, 2.45) is 7.05 Å². The zero-order valence-electron chi connectivity index (χ0n) is 8.48. The van der Waals surface area contributed by atoms with E-state index in [1.807, 2.05) is 0 Å². The number of aromatic nitrogens is 2. The monoisotopic (exact) mass is 296 g/mol. The fraction of sp³-hybridized carbons (Fsp3) is 0.571. The van der Waals surface area contributed by atoms with Crippen LogP contribution >= 0.6 is 23.5 Å². The normalized spacial score (nSPS) is 13.2. The van der Waals surface area contributed by atoms with Gasteiger partial charge in [0.2, 0.25) is 0 Å². The van der Waals surface area contributed by atoms with Gasteiger partial charge in [0.25, 0.3) is 0 Å². The first kappa shape index (κ1) is 14.6. The van der Waals surface area contributed by atoms with Gasteiger partial charge in [-0.05, 0) is 6.92 Å². The molecule has 17 heavy (non-hydrogen) atoms. The van der Waals surface area contributed by atoms with Crippen molar-refractivity contribution in [1.82, 2.24) is 9.55 Å². The average Bonchev–Trinajstić information content (AvgIpc) is 2.27. The average molecular weight is 296 g/mol. The van der Waals surface area contributed by atoms with Crippen molar-refractivity contribution >= 4 is 23.5 Å². The van der Waals surface area contributed by atoms with Crippen LogP contribution in [0, 0.1) is 6.92 Å². The second-order valence-corrected chi connectivity index (χ2v) is 5.03. The summed E-state index contributed by atoms with van der Waals surface area (Å²) < 4.78 is 73.9. The molecule has 0 aliphatic heterocycles. The van der Waals surface area contributed by atoms with Crippen molar-refractivity contribution in [2.75, 3.05) is 0 Å². The van der Waals surface area contributed by atoms with Crippen molar-refractivity contribution in [3.63, 3.8) is 0 Å². The summed E-state index contributed by atoms with van der Waals surface area (Å²) in [6.07, 6.45) is 0. The van der Waals surface area contributed by atoms with Gasteiger partial charge in [-0.15, -0.1) is 0 Å². The Balaban J connectivity index is 3.09. The fourth-order valence-corrected chi connectivity index (χ4v) is 2.45. The maximum absolute atomic E-state index is 12.2. The van der Waals surface area contributed by atoms with Crippen molar-refractivity contribution in [2.45, 2.75) is 28.0 Å². The standard InChI is InChI=1S/C7H6F6N2S2/c1-3-14-4(16-6(8,9)10)5(15(3)2)17-7(11,12)13/h1-2H3. The van der Waals surface area contributed by atoms with E-state index in [1.165, 1.54) is 14.0 Å². The molecule has 10 heteroatoms. The molecule has 0 unspecified atom stereocenters. The zero-order chi connectivity index (χ0) is 13.4. The maximum atomic E-state index is 12.2. The molecule has 0 N–H and O–H groups in total. The minimum Gasteiger partial charge on any atom is -0.325 e. The number of aryl methyl sites for hydroxylation is 1. The summed E-state index contributed by atoms with van der Waals surface area (Å²) >= 11 is -1.25. The summed E-state index contributed by atoms with van der Waals surface area (Å²) in [6.45, 7) is 1.33. The SMILES string of the molecule is Cc1nc(SC(F)(F)F)c(SC(F)(F)F)n1C. The Morgan fingerprint density at radius 3 is 1.88 bits per heavy atom. The summed E-state index contributed by atoms with van der Waals surface area (Å²) in [7, 11) is 1.23. The van der Waals surface area contributed by atoms with Crippen molar-refractivity contribution in [3.8, 4) is 0 Å². The molecule has 0 atom stereocenters. The van der Waals surface area contributed by atoms with E-state index in [-0.39, 0.29) is 5.82 Å². The topological polar surface area (TPSA) is 17.8 Å². The summed E-state index contributed by atoms with van der Waals surface area (Å²) in [5.74, 6) is 0.0866. The smallest absolute Gasteiger partial charge is 0.325 e. The first-order valence-corrected chi connectivity index (χ1v) is 5.68. The van der Waals surface area contributed by atoms with E-state index in [1.54, 1.807) is 0 Å². The van der Waals surface area contributed by atoms with Crippen LogP contribution in [0.3, 0.4) is 0 Å². The summed E-state index contributed by atoms with van der Waals surface area (Å²) in [4.78, 5) is 3.46. The Hall–Kier alpha value is -0.510. The molecule has 0 aromatic carbocycles. The zero-order valence-corrected chi connectivity index (χ0v) is 10.1. The summed E-state index contributed by atoms with van der Waals surface area (Å²) in [6, 6.07) is 0. The van der Waals surface area contributed by atoms with Gasteiger partial charge < -0.3 is 4.57 Å². The van der Waals surface area contributed by atoms with Crippen molar-refractivity contribution in [1.29, 1.82) is 0 Å². The van der Waals surface area contributed by atoms with E-state index < -0.39 is 44.6 Å². The van der Waals surface area contributed by atoms with Crippen LogP contribution in [0.4, 0.5) is 26.3 Å². The van der Waals surface area contributed by atoms with Crippen LogP contribution in [0.5, 0.6) is 0 Å². The molecule has 0 aliphatic carbocycles. The first-order chi connectivity index (χ1) is 7.49. The number of thioether (sulfide) groups is 2. The molecule has 1 aromatic heterocycles. The lowest BCUT2D eigenvalue weighted by atomic mass is 10.7. The van der Waals surface area contributed by atoms with E-state index in [4.69, 9.17) is 0 Å². The van der Waals surface area contributed by atoms with E-state index in [2.05, 4.69) is 4.98 Å². The van der Waals surface area contributed by atoms with Gasteiger partial charge in [0, 0.05) is 30.6 Å². The summed E-state index contributed by atoms with van der Waals surface area (Å²) in [5.41, 5.74) is -9.32. The highest BCUT2D eigenvalue weighted by Crippen LogP contribution is 2.45. The van der Waals surface area contributed by atoms with Gasteiger partial charge in [0.1, 0.15) is 15.9 Å². The lowest BCUT2D eigenvalue weighted by Crippen LogP contribution is -2.05. The number of hydrogen-bond acceptors (Lipinski definition) is 3. The molecule has 0 radical (unpaired) electrons. The highest BCUT2D eigenvalue weighted by molar-refractivity contribution is 8.03. The van der Waals surface area contributed by atoms with Gasteiger partial charge in [-0.25, -0.2) is 4.98 Å². The van der Waals surface area contributed by atoms with Crippen LogP contribution in [0.2, 0.25) is 0 Å². The lowest BCUT2D eigenvalue weighted by Gasteiger charge is -2.09. The van der Waals surface area contributed by atoms with Gasteiger partial charge in [-0.1, -0.05) is 0 Å². The van der Waals surface area contributed by atoms with Gasteiger partial charge in [-0.2, -0.15) is 26.3 Å². The van der Waals surface area contributed by atoms with Gasteiger partial charge in [0.05, 0.1) is 0 Å². The third-order valence-electron chi connectivity index (χ3n) is 1.66. The Morgan fingerprint density at radius 2 is 1.47 bits per heavy atom. The number of halogens is 6. The number of alkyl halides is 6. The van der Waals surface area contributed by atoms with Crippen molar-refractivity contribution < 1.29 is 26.3 Å². The quantitative estimate of drug-likeness (QED) is 0.608. The molecule has 0 bridgehead atoms. The minimum absolute atomic E-state index is 0.0866. The molecule has 0 amide bonds. The summed E-state index contributed by atoms with van der Waals surface area (Å²) in [5, 5.41) is -1.24. The molecule has 0 aliphatic rings. The predicted molar refractivity (Wildman–Crippen MR) is 51.8 cm³/mol. The predicted octanol–water partition coefficient (Wildman–Crippen LogP) is 3.95. The molecular weight excluding hydrogens is 290 g/mol. The molecule has 0 saturated heterocycles. The molecule has 0 saturated carbocycles. The Labute approximate surface area is 101 Å². The Kier molecular flexibility index (Phi) is 3.97. The van der Waals surface area contributed by atoms with Crippen LogP contribution in [-0.2, 0) is 7.05 Å². The first-order valence-electron chi connectivity index (χ1n) is 4.04. The van der Waals surface area contributed by atoms with E-state index >= 15 is 0 Å². The molecular formula is C7H6F6N2S2. The Bertz CT molecular complexity index is 408. The molecule has 0 spiro atoms. The van der Waals surface area contributed by atoms with E-state index in [0.29, 0.717) is 0 Å². The number of nitrogens with zero attached hydrogens (tertiary/aromatic N) is 2. The lowest BCUT2D eigenvalue weighted by molar-refractivity contribution is -0.0349. The van der Waals surface area contributed by atoms with Crippen LogP contribution in [0.25, 0.3) is 0 Å². The largest absolute Gasteiger partial charge is 0.447 e. The maximum Gasteiger partial charge on any atom is 0.447 e. The third-order valence-corrected chi connectivity index (χ3v) is 3.39. The van der Waals surface area contributed by atoms with Crippen LogP contribution < -0.4 is 0 Å². The molecule has 1 heterocycles. The highest BCUT2D eigenvalue weighted by atomic mass is 32.2. The second-order valence-electron chi connectivity index (χ2n) is 2.92. The minimum atomic E-state index is -4.66. The van der Waals surface area contributed by atoms with Crippen LogP contribution in [0.15, 0.2) is 10.1 Å². The van der Waals surface area contributed by atoms with E-state index in [9.17, 15) is 26.3 Å². The number of hydrogen-bond donors (Lipinski definition) is 0. The fourth-order valence-electron chi connectivity index (χ4n) is 0.958. The van der Waals surface area contributed by atoms with Crippen LogP contribution in [0.1, 0.15) is 5.82 Å². The molecule has 2 nitrogen and oxygen atoms in total. The van der Waals surface area contributed by atoms with E-state index in [0.717, 1.165) is 4.57 Å². The third kappa shape index (κ3) is 4.34. The van der Waals surface area contributed by atoms with Gasteiger partial charge in [0.15, 0.2) is 0 Å². The molecule has 1 aromatic rings. The number of imidazole rings is 1. The number of rotatable bonds is 2. The van der Waals surface area contributed by atoms with Crippen molar-refractivity contribution in [3.05, 3.63) is 5.82 Å². The second kappa shape index (κ2) is 4.63. The highest BCUT2D eigenvalue weighted by Gasteiger charge is 2.37. The van der Waals surface area contributed by atoms with Crippen LogP contribution in [-0.4, -0.2) is 20.6 Å². The molecule has 0 fully saturated rings. The Morgan fingerprint density at radius 1 is 1.00 bits per heavy atom. The van der Waals surface area contributed by atoms with Gasteiger partial charge >= 0.3 is 11.0 Å². The van der Waals surface area contributed by atoms with Gasteiger partial charge in [-0.3, -0.25) is 0 Å². The molecule has 1 rings (SSSR count).